The molecule has 0 radical (unpaired) electrons. The van der Waals surface area contributed by atoms with Crippen molar-refractivity contribution in [2.45, 2.75) is 33.2 Å². The summed E-state index contributed by atoms with van der Waals surface area (Å²) in [6.45, 7) is 6.49. The van der Waals surface area contributed by atoms with Gasteiger partial charge in [-0.2, -0.15) is 0 Å². The van der Waals surface area contributed by atoms with Crippen LogP contribution in [-0.4, -0.2) is 9.55 Å². The topological polar surface area (TPSA) is 20.7 Å². The molecule has 3 heteroatoms. The van der Waals surface area contributed by atoms with Crippen molar-refractivity contribution in [1.82, 2.24) is 9.55 Å². The first kappa shape index (κ1) is 10.4. The third kappa shape index (κ3) is 1.61. The number of imidazole rings is 1. The molecule has 0 aliphatic carbocycles. The zero-order valence-corrected chi connectivity index (χ0v) is 10.2. The molecular formula is C12H16N2S. The molecular weight excluding hydrogens is 204 g/mol. The number of benzene rings is 1. The number of rotatable bonds is 2. The molecule has 0 amide bonds. The smallest absolute Gasteiger partial charge is 0.178 e. The maximum absolute atomic E-state index is 5.36. The molecule has 1 aromatic carbocycles. The molecule has 1 atom stereocenters. The summed E-state index contributed by atoms with van der Waals surface area (Å²) in [6, 6.07) is 6.77. The number of hydrogen-bond acceptors (Lipinski definition) is 1. The van der Waals surface area contributed by atoms with E-state index in [1.165, 1.54) is 16.6 Å². The van der Waals surface area contributed by atoms with Gasteiger partial charge < -0.3 is 9.55 Å². The van der Waals surface area contributed by atoms with Gasteiger partial charge in [-0.15, -0.1) is 0 Å². The lowest BCUT2D eigenvalue weighted by Crippen LogP contribution is -2.03. The van der Waals surface area contributed by atoms with Crippen LogP contribution in [-0.2, 0) is 0 Å². The normalized spacial score (nSPS) is 13.3. The van der Waals surface area contributed by atoms with Crippen LogP contribution < -0.4 is 0 Å². The van der Waals surface area contributed by atoms with Gasteiger partial charge in [-0.05, 0) is 44.1 Å². The van der Waals surface area contributed by atoms with Crippen LogP contribution in [0.3, 0.4) is 0 Å². The molecule has 2 aromatic rings. The van der Waals surface area contributed by atoms with Crippen molar-refractivity contribution in [1.29, 1.82) is 0 Å². The van der Waals surface area contributed by atoms with E-state index in [4.69, 9.17) is 12.2 Å². The molecule has 1 aromatic heterocycles. The number of fused-ring (bicyclic) bond motifs is 1. The van der Waals surface area contributed by atoms with Crippen LogP contribution in [0.5, 0.6) is 0 Å². The number of aromatic nitrogens is 2. The Kier molecular flexibility index (Phi) is 2.65. The molecule has 80 valence electrons. The maximum atomic E-state index is 5.36. The summed E-state index contributed by atoms with van der Waals surface area (Å²) in [7, 11) is 0. The largest absolute Gasteiger partial charge is 0.330 e. The Morgan fingerprint density at radius 2 is 2.20 bits per heavy atom. The Morgan fingerprint density at radius 1 is 1.47 bits per heavy atom. The van der Waals surface area contributed by atoms with Gasteiger partial charge in [0.1, 0.15) is 0 Å². The van der Waals surface area contributed by atoms with Crippen molar-refractivity contribution in [2.75, 3.05) is 0 Å². The van der Waals surface area contributed by atoms with Crippen molar-refractivity contribution < 1.29 is 0 Å². The molecule has 0 fully saturated rings. The van der Waals surface area contributed by atoms with Crippen LogP contribution in [0.25, 0.3) is 11.0 Å². The molecule has 1 unspecified atom stereocenters. The number of aryl methyl sites for hydroxylation is 1. The molecule has 0 saturated heterocycles. The molecule has 0 aliphatic heterocycles. The van der Waals surface area contributed by atoms with Gasteiger partial charge in [-0.25, -0.2) is 0 Å². The first-order valence-electron chi connectivity index (χ1n) is 5.35. The van der Waals surface area contributed by atoms with Gasteiger partial charge in [0.15, 0.2) is 4.77 Å². The summed E-state index contributed by atoms with van der Waals surface area (Å²) < 4.78 is 3.03. The summed E-state index contributed by atoms with van der Waals surface area (Å²) in [4.78, 5) is 3.29. The Labute approximate surface area is 94.9 Å². The number of nitrogens with one attached hydrogen (secondary N) is 1. The van der Waals surface area contributed by atoms with Crippen molar-refractivity contribution in [3.05, 3.63) is 28.5 Å². The third-order valence-electron chi connectivity index (χ3n) is 2.99. The van der Waals surface area contributed by atoms with Crippen molar-refractivity contribution in [2.24, 2.45) is 0 Å². The minimum atomic E-state index is 0.452. The minimum absolute atomic E-state index is 0.452. The van der Waals surface area contributed by atoms with Gasteiger partial charge in [0.05, 0.1) is 11.0 Å². The Bertz CT molecular complexity index is 536. The summed E-state index contributed by atoms with van der Waals surface area (Å²) in [6.07, 6.45) is 1.09. The second kappa shape index (κ2) is 3.81. The van der Waals surface area contributed by atoms with Crippen LogP contribution >= 0.6 is 12.2 Å². The Hall–Kier alpha value is -1.09. The van der Waals surface area contributed by atoms with E-state index in [1.54, 1.807) is 0 Å². The van der Waals surface area contributed by atoms with E-state index in [2.05, 4.69) is 48.5 Å². The van der Waals surface area contributed by atoms with E-state index in [-0.39, 0.29) is 0 Å². The minimum Gasteiger partial charge on any atom is -0.330 e. The van der Waals surface area contributed by atoms with Crippen molar-refractivity contribution in [3.8, 4) is 0 Å². The number of nitrogens with zero attached hydrogens (tertiary/aromatic N) is 1. The predicted molar refractivity (Wildman–Crippen MR) is 66.9 cm³/mol. The molecule has 2 rings (SSSR count). The quantitative estimate of drug-likeness (QED) is 0.759. The number of hydrogen-bond donors (Lipinski definition) is 1. The van der Waals surface area contributed by atoms with Gasteiger partial charge in [-0.1, -0.05) is 19.1 Å². The second-order valence-electron chi connectivity index (χ2n) is 4.03. The molecule has 0 spiro atoms. The highest BCUT2D eigenvalue weighted by atomic mass is 32.1. The molecule has 1 heterocycles. The standard InChI is InChI=1S/C12H16N2S/c1-4-9(3)14-10-7-5-6-8(2)11(10)13-12(14)15/h5-7,9H,4H2,1-3H3,(H,13,15). The number of H-pyrrole nitrogens is 1. The first-order valence-corrected chi connectivity index (χ1v) is 5.75. The summed E-state index contributed by atoms with van der Waals surface area (Å²) >= 11 is 5.36. The average molecular weight is 220 g/mol. The molecule has 0 bridgehead atoms. The van der Waals surface area contributed by atoms with Crippen LogP contribution in [0.4, 0.5) is 0 Å². The van der Waals surface area contributed by atoms with Crippen LogP contribution in [0.15, 0.2) is 18.2 Å². The second-order valence-corrected chi connectivity index (χ2v) is 4.41. The average Bonchev–Trinajstić information content (AvgIpc) is 2.55. The monoisotopic (exact) mass is 220 g/mol. The molecule has 0 aliphatic rings. The zero-order valence-electron chi connectivity index (χ0n) is 9.37. The summed E-state index contributed by atoms with van der Waals surface area (Å²) in [5.41, 5.74) is 3.64. The van der Waals surface area contributed by atoms with Gasteiger partial charge in [0.25, 0.3) is 0 Å². The van der Waals surface area contributed by atoms with E-state index in [1.807, 2.05) is 0 Å². The Balaban J connectivity index is 2.80. The van der Waals surface area contributed by atoms with Crippen LogP contribution in [0.2, 0.25) is 0 Å². The SMILES string of the molecule is CCC(C)n1c(=S)[nH]c2c(C)cccc21. The summed E-state index contributed by atoms with van der Waals surface area (Å²) in [5, 5.41) is 0. The maximum Gasteiger partial charge on any atom is 0.178 e. The van der Waals surface area contributed by atoms with Crippen LogP contribution in [0, 0.1) is 11.7 Å². The zero-order chi connectivity index (χ0) is 11.0. The molecule has 2 nitrogen and oxygen atoms in total. The fourth-order valence-corrected chi connectivity index (χ4v) is 2.29. The van der Waals surface area contributed by atoms with Gasteiger partial charge >= 0.3 is 0 Å². The van der Waals surface area contributed by atoms with E-state index in [0.717, 1.165) is 11.2 Å². The van der Waals surface area contributed by atoms with Crippen LogP contribution in [0.1, 0.15) is 31.9 Å². The Morgan fingerprint density at radius 3 is 2.87 bits per heavy atom. The van der Waals surface area contributed by atoms with E-state index in [9.17, 15) is 0 Å². The molecule has 1 N–H and O–H groups in total. The van der Waals surface area contributed by atoms with E-state index in [0.29, 0.717) is 6.04 Å². The van der Waals surface area contributed by atoms with Crippen molar-refractivity contribution in [3.63, 3.8) is 0 Å². The van der Waals surface area contributed by atoms with E-state index >= 15 is 0 Å². The highest BCUT2D eigenvalue weighted by Crippen LogP contribution is 2.22. The summed E-state index contributed by atoms with van der Waals surface area (Å²) in [5.74, 6) is 0. The fraction of sp³-hybridized carbons (Fsp3) is 0.417. The van der Waals surface area contributed by atoms with Gasteiger partial charge in [0, 0.05) is 6.04 Å². The third-order valence-corrected chi connectivity index (χ3v) is 3.29. The lowest BCUT2D eigenvalue weighted by molar-refractivity contribution is 0.539. The first-order chi connectivity index (χ1) is 7.15. The fourth-order valence-electron chi connectivity index (χ4n) is 1.91. The van der Waals surface area contributed by atoms with E-state index < -0.39 is 0 Å². The molecule has 15 heavy (non-hydrogen) atoms. The number of aromatic amines is 1. The highest BCUT2D eigenvalue weighted by molar-refractivity contribution is 7.71. The van der Waals surface area contributed by atoms with Gasteiger partial charge in [-0.3, -0.25) is 0 Å². The molecule has 0 saturated carbocycles. The predicted octanol–water partition coefficient (Wildman–Crippen LogP) is 3.98. The number of para-hydroxylation sites is 1. The van der Waals surface area contributed by atoms with Crippen molar-refractivity contribution >= 4 is 23.3 Å². The highest BCUT2D eigenvalue weighted by Gasteiger charge is 2.09. The lowest BCUT2D eigenvalue weighted by atomic mass is 10.2. The lowest BCUT2D eigenvalue weighted by Gasteiger charge is -2.11. The van der Waals surface area contributed by atoms with Gasteiger partial charge in [0.2, 0.25) is 0 Å².